The Hall–Kier alpha value is -3.13. The van der Waals surface area contributed by atoms with E-state index in [4.69, 9.17) is 14.5 Å². The van der Waals surface area contributed by atoms with Gasteiger partial charge in [-0.15, -0.1) is 0 Å². The van der Waals surface area contributed by atoms with E-state index in [0.29, 0.717) is 19.5 Å². The van der Waals surface area contributed by atoms with Crippen LogP contribution in [0.2, 0.25) is 0 Å². The molecular formula is C26H34N4O4. The number of benzene rings is 1. The van der Waals surface area contributed by atoms with E-state index in [1.807, 2.05) is 57.2 Å². The number of amides is 2. The molecule has 1 aliphatic heterocycles. The van der Waals surface area contributed by atoms with Crippen molar-refractivity contribution in [2.24, 2.45) is 0 Å². The Labute approximate surface area is 201 Å². The van der Waals surface area contributed by atoms with Gasteiger partial charge in [-0.1, -0.05) is 36.4 Å². The van der Waals surface area contributed by atoms with Gasteiger partial charge in [-0.3, -0.25) is 9.88 Å². The number of aromatic nitrogens is 1. The molecule has 1 aliphatic carbocycles. The van der Waals surface area contributed by atoms with Crippen molar-refractivity contribution in [1.82, 2.24) is 20.5 Å². The monoisotopic (exact) mass is 466 g/mol. The lowest BCUT2D eigenvalue weighted by molar-refractivity contribution is 0.0113. The Morgan fingerprint density at radius 2 is 1.97 bits per heavy atom. The summed E-state index contributed by atoms with van der Waals surface area (Å²) < 4.78 is 11.0. The summed E-state index contributed by atoms with van der Waals surface area (Å²) >= 11 is 0. The predicted molar refractivity (Wildman–Crippen MR) is 128 cm³/mol. The van der Waals surface area contributed by atoms with Crippen molar-refractivity contribution >= 4 is 12.2 Å². The molecule has 0 bridgehead atoms. The number of fused-ring (bicyclic) bond motifs is 1. The first kappa shape index (κ1) is 24.0. The van der Waals surface area contributed by atoms with Gasteiger partial charge in [0, 0.05) is 31.4 Å². The smallest absolute Gasteiger partial charge is 0.410 e. The summed E-state index contributed by atoms with van der Waals surface area (Å²) in [5.74, 6) is 0. The van der Waals surface area contributed by atoms with E-state index in [-0.39, 0.29) is 24.8 Å². The lowest BCUT2D eigenvalue weighted by Crippen LogP contribution is -2.50. The van der Waals surface area contributed by atoms with Crippen molar-refractivity contribution in [2.45, 2.75) is 64.3 Å². The van der Waals surface area contributed by atoms with Gasteiger partial charge in [0.1, 0.15) is 12.2 Å². The first-order valence-corrected chi connectivity index (χ1v) is 11.9. The van der Waals surface area contributed by atoms with Crippen molar-refractivity contribution in [3.63, 3.8) is 0 Å². The summed E-state index contributed by atoms with van der Waals surface area (Å²) in [4.78, 5) is 31.7. The third-order valence-electron chi connectivity index (χ3n) is 6.03. The Bertz CT molecular complexity index is 1010. The molecule has 2 N–H and O–H groups in total. The van der Waals surface area contributed by atoms with Gasteiger partial charge in [-0.05, 0) is 57.2 Å². The Morgan fingerprint density at radius 3 is 2.74 bits per heavy atom. The number of carbonyl (C=O) groups is 2. The predicted octanol–water partition coefficient (Wildman–Crippen LogP) is 3.75. The second-order valence-electron chi connectivity index (χ2n) is 9.88. The molecule has 1 aromatic heterocycles. The summed E-state index contributed by atoms with van der Waals surface area (Å²) in [5, 5.41) is 6.35. The van der Waals surface area contributed by atoms with Crippen LogP contribution in [0.5, 0.6) is 0 Å². The van der Waals surface area contributed by atoms with Gasteiger partial charge >= 0.3 is 12.2 Å². The number of hydrogen-bond donors (Lipinski definition) is 2. The summed E-state index contributed by atoms with van der Waals surface area (Å²) in [6.07, 6.45) is 1.56. The maximum atomic E-state index is 12.8. The Balaban J connectivity index is 1.36. The van der Waals surface area contributed by atoms with E-state index < -0.39 is 11.7 Å². The first-order valence-electron chi connectivity index (χ1n) is 11.9. The minimum atomic E-state index is -0.542. The van der Waals surface area contributed by atoms with Crippen molar-refractivity contribution in [3.05, 3.63) is 65.0 Å². The van der Waals surface area contributed by atoms with Gasteiger partial charge in [0.2, 0.25) is 0 Å². The summed E-state index contributed by atoms with van der Waals surface area (Å²) in [7, 11) is 0. The normalized spacial score (nSPS) is 20.3. The molecule has 2 aromatic rings. The largest absolute Gasteiger partial charge is 0.445 e. The van der Waals surface area contributed by atoms with E-state index in [9.17, 15) is 9.59 Å². The second kappa shape index (κ2) is 10.4. The third kappa shape index (κ3) is 6.26. The van der Waals surface area contributed by atoms with Crippen LogP contribution in [-0.2, 0) is 28.9 Å². The fourth-order valence-corrected chi connectivity index (χ4v) is 4.38. The molecule has 182 valence electrons. The highest BCUT2D eigenvalue weighted by molar-refractivity contribution is 5.69. The molecule has 1 aromatic carbocycles. The van der Waals surface area contributed by atoms with Gasteiger partial charge in [0.05, 0.1) is 11.7 Å². The highest BCUT2D eigenvalue weighted by Crippen LogP contribution is 2.27. The SMILES string of the molecule is CC(C)(C)OC(=O)N1CCNCC1c1ccc2c(n1)CCC(NC(=O)OCc1ccccc1)C2. The fourth-order valence-electron chi connectivity index (χ4n) is 4.38. The van der Waals surface area contributed by atoms with E-state index in [1.165, 1.54) is 0 Å². The summed E-state index contributed by atoms with van der Waals surface area (Å²) in [5.41, 5.74) is 3.44. The minimum absolute atomic E-state index is 0.0121. The molecule has 8 heteroatoms. The molecule has 1 fully saturated rings. The zero-order valence-corrected chi connectivity index (χ0v) is 20.2. The number of pyridine rings is 1. The van der Waals surface area contributed by atoms with Gasteiger partial charge in [-0.2, -0.15) is 0 Å². The lowest BCUT2D eigenvalue weighted by atomic mass is 9.91. The van der Waals surface area contributed by atoms with Crippen LogP contribution in [0.3, 0.4) is 0 Å². The number of nitrogens with zero attached hydrogens (tertiary/aromatic N) is 2. The fraction of sp³-hybridized carbons (Fsp3) is 0.500. The average Bonchev–Trinajstić information content (AvgIpc) is 2.82. The molecule has 2 amide bonds. The molecule has 8 nitrogen and oxygen atoms in total. The molecule has 1 saturated heterocycles. The number of alkyl carbamates (subject to hydrolysis) is 1. The van der Waals surface area contributed by atoms with E-state index in [1.54, 1.807) is 4.90 Å². The van der Waals surface area contributed by atoms with Crippen molar-refractivity contribution in [3.8, 4) is 0 Å². The molecule has 4 rings (SSSR count). The van der Waals surface area contributed by atoms with Crippen LogP contribution in [0.15, 0.2) is 42.5 Å². The number of hydrogen-bond acceptors (Lipinski definition) is 6. The number of rotatable bonds is 4. The number of nitrogens with one attached hydrogen (secondary N) is 2. The van der Waals surface area contributed by atoms with Crippen molar-refractivity contribution in [2.75, 3.05) is 19.6 Å². The van der Waals surface area contributed by atoms with Crippen LogP contribution in [0.25, 0.3) is 0 Å². The maximum Gasteiger partial charge on any atom is 0.410 e. The molecule has 0 saturated carbocycles. The molecule has 0 spiro atoms. The highest BCUT2D eigenvalue weighted by atomic mass is 16.6. The van der Waals surface area contributed by atoms with Crippen LogP contribution in [-0.4, -0.2) is 53.3 Å². The van der Waals surface area contributed by atoms with E-state index >= 15 is 0 Å². The van der Waals surface area contributed by atoms with Crippen LogP contribution >= 0.6 is 0 Å². The van der Waals surface area contributed by atoms with Gasteiger partial charge in [0.25, 0.3) is 0 Å². The number of aryl methyl sites for hydroxylation is 1. The highest BCUT2D eigenvalue weighted by Gasteiger charge is 2.33. The average molecular weight is 467 g/mol. The molecular weight excluding hydrogens is 432 g/mol. The zero-order chi connectivity index (χ0) is 24.1. The molecule has 0 radical (unpaired) electrons. The topological polar surface area (TPSA) is 92.8 Å². The Morgan fingerprint density at radius 1 is 1.18 bits per heavy atom. The molecule has 34 heavy (non-hydrogen) atoms. The van der Waals surface area contributed by atoms with Crippen molar-refractivity contribution in [1.29, 1.82) is 0 Å². The number of carbonyl (C=O) groups excluding carboxylic acids is 2. The number of piperazine rings is 1. The Kier molecular flexibility index (Phi) is 7.36. The maximum absolute atomic E-state index is 12.8. The summed E-state index contributed by atoms with van der Waals surface area (Å²) in [6, 6.07) is 13.5. The van der Waals surface area contributed by atoms with E-state index in [2.05, 4.69) is 16.7 Å². The molecule has 2 heterocycles. The van der Waals surface area contributed by atoms with Gasteiger partial charge in [0.15, 0.2) is 0 Å². The molecule has 2 aliphatic rings. The van der Waals surface area contributed by atoms with Crippen LogP contribution in [0.1, 0.15) is 55.7 Å². The van der Waals surface area contributed by atoms with Gasteiger partial charge < -0.3 is 20.1 Å². The minimum Gasteiger partial charge on any atom is -0.445 e. The standard InChI is InChI=1S/C26H34N4O4/c1-26(2,3)34-25(32)30-14-13-27-16-23(30)22-11-9-19-15-20(10-12-21(19)29-22)28-24(31)33-17-18-7-5-4-6-8-18/h4-9,11,20,23,27H,10,12-17H2,1-3H3,(H,28,31). The molecule has 2 unspecified atom stereocenters. The van der Waals surface area contributed by atoms with Crippen LogP contribution in [0, 0.1) is 0 Å². The second-order valence-corrected chi connectivity index (χ2v) is 9.88. The lowest BCUT2D eigenvalue weighted by Gasteiger charge is -2.37. The van der Waals surface area contributed by atoms with Crippen LogP contribution in [0.4, 0.5) is 9.59 Å². The van der Waals surface area contributed by atoms with E-state index in [0.717, 1.165) is 41.9 Å². The first-order chi connectivity index (χ1) is 16.3. The summed E-state index contributed by atoms with van der Waals surface area (Å²) in [6.45, 7) is 7.83. The van der Waals surface area contributed by atoms with Crippen LogP contribution < -0.4 is 10.6 Å². The quantitative estimate of drug-likeness (QED) is 0.713. The van der Waals surface area contributed by atoms with Crippen molar-refractivity contribution < 1.29 is 19.1 Å². The molecule has 2 atom stereocenters. The van der Waals surface area contributed by atoms with Gasteiger partial charge in [-0.25, -0.2) is 9.59 Å². The zero-order valence-electron chi connectivity index (χ0n) is 20.2. The number of ether oxygens (including phenoxy) is 2. The third-order valence-corrected chi connectivity index (χ3v) is 6.03.